The first-order chi connectivity index (χ1) is 9.74. The molecular formula is C13H14F3NO4. The lowest BCUT2D eigenvalue weighted by molar-refractivity contribution is -0.174. The van der Waals surface area contributed by atoms with Crippen molar-refractivity contribution in [1.29, 1.82) is 0 Å². The molecule has 0 bridgehead atoms. The number of ether oxygens (including phenoxy) is 2. The Morgan fingerprint density at radius 1 is 1.24 bits per heavy atom. The maximum atomic E-state index is 12.0. The van der Waals surface area contributed by atoms with Gasteiger partial charge in [-0.2, -0.15) is 13.2 Å². The molecule has 0 saturated heterocycles. The van der Waals surface area contributed by atoms with Gasteiger partial charge in [-0.3, -0.25) is 4.79 Å². The van der Waals surface area contributed by atoms with Crippen molar-refractivity contribution in [1.82, 2.24) is 5.32 Å². The summed E-state index contributed by atoms with van der Waals surface area (Å²) in [5.41, 5.74) is 0.322. The van der Waals surface area contributed by atoms with Crippen LogP contribution in [0.4, 0.5) is 13.2 Å². The van der Waals surface area contributed by atoms with Crippen molar-refractivity contribution >= 4 is 11.9 Å². The summed E-state index contributed by atoms with van der Waals surface area (Å²) in [6.45, 7) is 1.24. The van der Waals surface area contributed by atoms with Crippen LogP contribution < -0.4 is 10.1 Å². The van der Waals surface area contributed by atoms with E-state index in [2.05, 4.69) is 4.74 Å². The summed E-state index contributed by atoms with van der Waals surface area (Å²) in [6, 6.07) is 5.05. The van der Waals surface area contributed by atoms with E-state index in [1.165, 1.54) is 38.3 Å². The second-order valence-corrected chi connectivity index (χ2v) is 4.20. The molecule has 0 fully saturated rings. The summed E-state index contributed by atoms with van der Waals surface area (Å²) >= 11 is 0. The number of halogens is 3. The summed E-state index contributed by atoms with van der Waals surface area (Å²) in [5, 5.41) is 1.77. The number of hydrogen-bond donors (Lipinski definition) is 1. The summed E-state index contributed by atoms with van der Waals surface area (Å²) in [6.07, 6.45) is -4.92. The van der Waals surface area contributed by atoms with Crippen LogP contribution >= 0.6 is 0 Å². The number of rotatable bonds is 5. The van der Waals surface area contributed by atoms with E-state index in [0.717, 1.165) is 0 Å². The van der Waals surface area contributed by atoms with Crippen LogP contribution in [0.5, 0.6) is 5.75 Å². The second-order valence-electron chi connectivity index (χ2n) is 4.20. The zero-order chi connectivity index (χ0) is 16.0. The standard InChI is InChI=1S/C13H14F3NO4/c1-8(17-12(19)13(14,15)16)7-21-10-5-3-9(4-6-10)11(18)20-2/h3-6,8H,7H2,1-2H3,(H,17,19)/t8-/m0/s1. The van der Waals surface area contributed by atoms with Crippen LogP contribution in [-0.4, -0.2) is 37.8 Å². The number of hydrogen-bond acceptors (Lipinski definition) is 4. The quantitative estimate of drug-likeness (QED) is 0.844. The van der Waals surface area contributed by atoms with Gasteiger partial charge < -0.3 is 14.8 Å². The average molecular weight is 305 g/mol. The molecule has 0 spiro atoms. The molecule has 0 aliphatic carbocycles. The van der Waals surface area contributed by atoms with Crippen LogP contribution in [0, 0.1) is 0 Å². The Morgan fingerprint density at radius 2 is 1.81 bits per heavy atom. The van der Waals surface area contributed by atoms with Crippen LogP contribution in [0.3, 0.4) is 0 Å². The van der Waals surface area contributed by atoms with Gasteiger partial charge in [0.05, 0.1) is 18.7 Å². The van der Waals surface area contributed by atoms with E-state index in [1.54, 1.807) is 5.32 Å². The number of carbonyl (C=O) groups is 2. The normalized spacial score (nSPS) is 12.4. The molecule has 1 rings (SSSR count). The average Bonchev–Trinajstić information content (AvgIpc) is 2.43. The largest absolute Gasteiger partial charge is 0.491 e. The van der Waals surface area contributed by atoms with E-state index in [0.29, 0.717) is 11.3 Å². The number of esters is 1. The molecule has 1 aromatic rings. The van der Waals surface area contributed by atoms with Crippen molar-refractivity contribution in [3.63, 3.8) is 0 Å². The summed E-state index contributed by atoms with van der Waals surface area (Å²) in [7, 11) is 1.25. The van der Waals surface area contributed by atoms with Crippen molar-refractivity contribution in [3.8, 4) is 5.75 Å². The summed E-state index contributed by atoms with van der Waals surface area (Å²) in [5.74, 6) is -2.16. The first-order valence-electron chi connectivity index (χ1n) is 5.93. The van der Waals surface area contributed by atoms with Gasteiger partial charge in [0.15, 0.2) is 0 Å². The first kappa shape index (κ1) is 16.8. The topological polar surface area (TPSA) is 64.6 Å². The van der Waals surface area contributed by atoms with E-state index in [-0.39, 0.29) is 6.61 Å². The molecule has 0 aromatic heterocycles. The zero-order valence-electron chi connectivity index (χ0n) is 11.4. The molecule has 0 unspecified atom stereocenters. The maximum Gasteiger partial charge on any atom is 0.471 e. The van der Waals surface area contributed by atoms with Gasteiger partial charge in [0, 0.05) is 0 Å². The van der Waals surface area contributed by atoms with Crippen LogP contribution in [0.2, 0.25) is 0 Å². The van der Waals surface area contributed by atoms with Crippen molar-refractivity contribution < 1.29 is 32.2 Å². The lowest BCUT2D eigenvalue weighted by atomic mass is 10.2. The molecule has 0 aliphatic rings. The molecule has 0 aliphatic heterocycles. The highest BCUT2D eigenvalue weighted by atomic mass is 19.4. The minimum atomic E-state index is -4.92. The predicted molar refractivity (Wildman–Crippen MR) is 66.9 cm³/mol. The lowest BCUT2D eigenvalue weighted by Crippen LogP contribution is -2.44. The Kier molecular flexibility index (Phi) is 5.57. The first-order valence-corrected chi connectivity index (χ1v) is 5.93. The van der Waals surface area contributed by atoms with Crippen LogP contribution in [0.1, 0.15) is 17.3 Å². The third kappa shape index (κ3) is 5.33. The Bertz CT molecular complexity index is 499. The molecular weight excluding hydrogens is 291 g/mol. The molecule has 1 N–H and O–H groups in total. The molecule has 21 heavy (non-hydrogen) atoms. The highest BCUT2D eigenvalue weighted by Gasteiger charge is 2.39. The molecule has 1 amide bonds. The fourth-order valence-electron chi connectivity index (χ4n) is 1.37. The number of nitrogens with one attached hydrogen (secondary N) is 1. The smallest absolute Gasteiger partial charge is 0.471 e. The lowest BCUT2D eigenvalue weighted by Gasteiger charge is -2.16. The van der Waals surface area contributed by atoms with Gasteiger partial charge in [-0.25, -0.2) is 4.79 Å². The molecule has 0 saturated carbocycles. The third-order valence-corrected chi connectivity index (χ3v) is 2.41. The van der Waals surface area contributed by atoms with Crippen molar-refractivity contribution in [2.24, 2.45) is 0 Å². The van der Waals surface area contributed by atoms with E-state index in [9.17, 15) is 22.8 Å². The highest BCUT2D eigenvalue weighted by molar-refractivity contribution is 5.89. The molecule has 8 heteroatoms. The molecule has 0 radical (unpaired) electrons. The number of benzene rings is 1. The fraction of sp³-hybridized carbons (Fsp3) is 0.385. The third-order valence-electron chi connectivity index (χ3n) is 2.41. The van der Waals surface area contributed by atoms with Crippen molar-refractivity contribution in [2.75, 3.05) is 13.7 Å². The molecule has 1 atom stereocenters. The van der Waals surface area contributed by atoms with Gasteiger partial charge in [-0.15, -0.1) is 0 Å². The number of alkyl halides is 3. The summed E-state index contributed by atoms with van der Waals surface area (Å²) in [4.78, 5) is 21.9. The Balaban J connectivity index is 2.48. The minimum Gasteiger partial charge on any atom is -0.491 e. The highest BCUT2D eigenvalue weighted by Crippen LogP contribution is 2.15. The number of carbonyl (C=O) groups excluding carboxylic acids is 2. The SMILES string of the molecule is COC(=O)c1ccc(OC[C@H](C)NC(=O)C(F)(F)F)cc1. The number of amides is 1. The molecule has 116 valence electrons. The van der Waals surface area contributed by atoms with Crippen molar-refractivity contribution in [2.45, 2.75) is 19.1 Å². The van der Waals surface area contributed by atoms with E-state index < -0.39 is 24.1 Å². The Hall–Kier alpha value is -2.25. The van der Waals surface area contributed by atoms with E-state index >= 15 is 0 Å². The predicted octanol–water partition coefficient (Wildman–Crippen LogP) is 1.92. The van der Waals surface area contributed by atoms with Gasteiger partial charge >= 0.3 is 18.1 Å². The molecule has 1 aromatic carbocycles. The molecule has 5 nitrogen and oxygen atoms in total. The molecule has 0 heterocycles. The summed E-state index contributed by atoms with van der Waals surface area (Å²) < 4.78 is 45.8. The van der Waals surface area contributed by atoms with Gasteiger partial charge in [-0.1, -0.05) is 0 Å². The van der Waals surface area contributed by atoms with Gasteiger partial charge in [0.1, 0.15) is 12.4 Å². The van der Waals surface area contributed by atoms with E-state index in [1.807, 2.05) is 0 Å². The van der Waals surface area contributed by atoms with Crippen LogP contribution in [0.15, 0.2) is 24.3 Å². The van der Waals surface area contributed by atoms with Gasteiger partial charge in [0.25, 0.3) is 0 Å². The van der Waals surface area contributed by atoms with Crippen LogP contribution in [0.25, 0.3) is 0 Å². The van der Waals surface area contributed by atoms with Crippen molar-refractivity contribution in [3.05, 3.63) is 29.8 Å². The minimum absolute atomic E-state index is 0.139. The number of methoxy groups -OCH3 is 1. The Labute approximate surface area is 119 Å². The van der Waals surface area contributed by atoms with Gasteiger partial charge in [0.2, 0.25) is 0 Å². The zero-order valence-corrected chi connectivity index (χ0v) is 11.4. The van der Waals surface area contributed by atoms with Crippen LogP contribution in [-0.2, 0) is 9.53 Å². The second kappa shape index (κ2) is 6.96. The fourth-order valence-corrected chi connectivity index (χ4v) is 1.37. The maximum absolute atomic E-state index is 12.0. The monoisotopic (exact) mass is 305 g/mol. The van der Waals surface area contributed by atoms with E-state index in [4.69, 9.17) is 4.74 Å². The van der Waals surface area contributed by atoms with Gasteiger partial charge in [-0.05, 0) is 31.2 Å². The Morgan fingerprint density at radius 3 is 2.29 bits per heavy atom.